The van der Waals surface area contributed by atoms with Crippen molar-refractivity contribution in [1.29, 1.82) is 0 Å². The van der Waals surface area contributed by atoms with Crippen molar-refractivity contribution in [2.75, 3.05) is 17.2 Å². The van der Waals surface area contributed by atoms with Crippen molar-refractivity contribution in [3.05, 3.63) is 82.0 Å². The number of Topliss-reactive ketones (excluding diaryl/α,β-unsaturated/α-hetero) is 1. The molecule has 2 aliphatic rings. The second-order valence-corrected chi connectivity index (χ2v) is 7.92. The van der Waals surface area contributed by atoms with Crippen LogP contribution in [-0.2, 0) is 15.2 Å². The summed E-state index contributed by atoms with van der Waals surface area (Å²) in [5, 5.41) is 16.7. The number of ether oxygens (including phenoxy) is 1. The molecule has 0 saturated carbocycles. The van der Waals surface area contributed by atoms with E-state index >= 15 is 0 Å². The van der Waals surface area contributed by atoms with E-state index in [4.69, 9.17) is 16.3 Å². The molecule has 2 amide bonds. The third kappa shape index (κ3) is 4.60. The summed E-state index contributed by atoms with van der Waals surface area (Å²) in [7, 11) is 0. The molecule has 2 aliphatic heterocycles. The number of hydrogen-bond acceptors (Lipinski definition) is 6. The number of benzene rings is 2. The molecule has 1 unspecified atom stereocenters. The monoisotopic (exact) mass is 488 g/mol. The molecule has 1 atom stereocenters. The van der Waals surface area contributed by atoms with Gasteiger partial charge in [-0.2, -0.15) is 0 Å². The number of aliphatic hydroxyl groups is 1. The fourth-order valence-corrected chi connectivity index (χ4v) is 3.86. The Morgan fingerprint density at radius 3 is 2.47 bits per heavy atom. The van der Waals surface area contributed by atoms with E-state index in [0.717, 1.165) is 5.56 Å². The van der Waals surface area contributed by atoms with Gasteiger partial charge >= 0.3 is 0 Å². The average Bonchev–Trinajstić information content (AvgIpc) is 3.23. The SMILES string of the molecule is CCOc1ncc(C)cc1C1(O)C(=O)Nc2ccc(Cl)cc21.O=C1Nc2ccccc2C1=O.[Na]. The van der Waals surface area contributed by atoms with Crippen molar-refractivity contribution in [3.8, 4) is 5.88 Å². The van der Waals surface area contributed by atoms with Crippen LogP contribution in [0.4, 0.5) is 11.4 Å². The number of anilines is 2. The van der Waals surface area contributed by atoms with Crippen LogP contribution in [0.2, 0.25) is 5.02 Å². The van der Waals surface area contributed by atoms with Gasteiger partial charge in [-0.05, 0) is 55.8 Å². The summed E-state index contributed by atoms with van der Waals surface area (Å²) in [6.07, 6.45) is 1.63. The maximum absolute atomic E-state index is 12.4. The zero-order chi connectivity index (χ0) is 23.8. The minimum atomic E-state index is -1.87. The molecular weight excluding hydrogens is 469 g/mol. The number of para-hydroxylation sites is 1. The minimum absolute atomic E-state index is 0. The van der Waals surface area contributed by atoms with Crippen LogP contribution in [0.3, 0.4) is 0 Å². The average molecular weight is 489 g/mol. The smallest absolute Gasteiger partial charge is 0.296 e. The van der Waals surface area contributed by atoms with E-state index in [1.807, 2.05) is 13.8 Å². The summed E-state index contributed by atoms with van der Waals surface area (Å²) < 4.78 is 5.48. The van der Waals surface area contributed by atoms with Gasteiger partial charge in [-0.15, -0.1) is 0 Å². The Balaban J connectivity index is 0.000000227. The molecule has 3 N–H and O–H groups in total. The van der Waals surface area contributed by atoms with E-state index in [9.17, 15) is 19.5 Å². The van der Waals surface area contributed by atoms with Crippen molar-refractivity contribution in [1.82, 2.24) is 4.98 Å². The van der Waals surface area contributed by atoms with Crippen LogP contribution in [0.1, 0.15) is 34.0 Å². The van der Waals surface area contributed by atoms with Crippen LogP contribution < -0.4 is 15.4 Å². The maximum atomic E-state index is 12.4. The molecule has 3 heterocycles. The van der Waals surface area contributed by atoms with Crippen LogP contribution in [-0.4, -0.2) is 63.9 Å². The van der Waals surface area contributed by atoms with E-state index in [0.29, 0.717) is 39.7 Å². The number of rotatable bonds is 3. The van der Waals surface area contributed by atoms with Gasteiger partial charge in [0.25, 0.3) is 17.6 Å². The number of amides is 2. The summed E-state index contributed by atoms with van der Waals surface area (Å²) in [5.41, 5.74) is 1.27. The largest absolute Gasteiger partial charge is 0.478 e. The van der Waals surface area contributed by atoms with E-state index in [-0.39, 0.29) is 35.4 Å². The van der Waals surface area contributed by atoms with Gasteiger partial charge in [-0.3, -0.25) is 14.4 Å². The van der Waals surface area contributed by atoms with Gasteiger partial charge < -0.3 is 20.5 Å². The van der Waals surface area contributed by atoms with Crippen LogP contribution in [0, 0.1) is 6.92 Å². The van der Waals surface area contributed by atoms with E-state index in [1.54, 1.807) is 54.7 Å². The molecular formula is C24H20ClN3NaO5. The zero-order valence-electron chi connectivity index (χ0n) is 18.8. The molecule has 0 spiro atoms. The molecule has 169 valence electrons. The van der Waals surface area contributed by atoms with Crippen molar-refractivity contribution >= 4 is 70.1 Å². The number of nitrogens with zero attached hydrogens (tertiary/aromatic N) is 1. The van der Waals surface area contributed by atoms with E-state index in [2.05, 4.69) is 15.6 Å². The molecule has 0 bridgehead atoms. The summed E-state index contributed by atoms with van der Waals surface area (Å²) in [5.74, 6) is -1.29. The predicted octanol–water partition coefficient (Wildman–Crippen LogP) is 3.07. The Morgan fingerprint density at radius 1 is 1.03 bits per heavy atom. The van der Waals surface area contributed by atoms with Crippen molar-refractivity contribution < 1.29 is 24.2 Å². The molecule has 10 heteroatoms. The Kier molecular flexibility index (Phi) is 7.80. The summed E-state index contributed by atoms with van der Waals surface area (Å²) in [6, 6.07) is 13.4. The van der Waals surface area contributed by atoms with Crippen molar-refractivity contribution in [3.63, 3.8) is 0 Å². The molecule has 1 aromatic heterocycles. The minimum Gasteiger partial charge on any atom is -0.478 e. The van der Waals surface area contributed by atoms with Gasteiger partial charge in [0.05, 0.1) is 23.4 Å². The first-order valence-corrected chi connectivity index (χ1v) is 10.5. The Morgan fingerprint density at radius 2 is 1.76 bits per heavy atom. The molecule has 34 heavy (non-hydrogen) atoms. The Hall–Kier alpha value is -2.75. The Labute approximate surface area is 223 Å². The van der Waals surface area contributed by atoms with Crippen LogP contribution in [0.25, 0.3) is 0 Å². The van der Waals surface area contributed by atoms with Gasteiger partial charge in [0.15, 0.2) is 0 Å². The van der Waals surface area contributed by atoms with Gasteiger partial charge in [0, 0.05) is 52.0 Å². The van der Waals surface area contributed by atoms with Crippen LogP contribution in [0.15, 0.2) is 54.7 Å². The normalized spacial score (nSPS) is 17.5. The van der Waals surface area contributed by atoms with Crippen LogP contribution >= 0.6 is 11.6 Å². The Bertz CT molecular complexity index is 1300. The first-order valence-electron chi connectivity index (χ1n) is 10.1. The number of carbonyl (C=O) groups is 3. The number of aromatic nitrogens is 1. The standard InChI is InChI=1S/C16H15ClN2O3.C8H5NO2.Na/c1-3-22-14-12(6-9(2)8-18-14)16(21)11-7-10(17)4-5-13(11)19-15(16)20;10-7-5-3-1-2-4-6(5)9-8(7)11;/h4-8,21H,3H2,1-2H3,(H,19,20);1-4H,(H,9,10,11);. The van der Waals surface area contributed by atoms with E-state index in [1.165, 1.54) is 0 Å². The molecule has 5 rings (SSSR count). The van der Waals surface area contributed by atoms with Gasteiger partial charge in [-0.1, -0.05) is 23.7 Å². The first kappa shape index (κ1) is 25.9. The van der Waals surface area contributed by atoms with Crippen molar-refractivity contribution in [2.24, 2.45) is 0 Å². The van der Waals surface area contributed by atoms with Gasteiger partial charge in [0.1, 0.15) is 0 Å². The number of carbonyl (C=O) groups excluding carboxylic acids is 3. The number of nitrogens with one attached hydrogen (secondary N) is 2. The number of ketones is 1. The number of fused-ring (bicyclic) bond motifs is 2. The van der Waals surface area contributed by atoms with E-state index < -0.39 is 23.2 Å². The predicted molar refractivity (Wildman–Crippen MR) is 128 cm³/mol. The number of pyridine rings is 1. The van der Waals surface area contributed by atoms with Gasteiger partial charge in [-0.25, -0.2) is 4.98 Å². The first-order chi connectivity index (χ1) is 15.8. The molecule has 0 aliphatic carbocycles. The second kappa shape index (κ2) is 10.2. The quantitative estimate of drug-likeness (QED) is 0.385. The van der Waals surface area contributed by atoms with Crippen LogP contribution in [0.5, 0.6) is 5.88 Å². The molecule has 0 saturated heterocycles. The number of hydrogen-bond donors (Lipinski definition) is 3. The third-order valence-corrected chi connectivity index (χ3v) is 5.47. The molecule has 0 fully saturated rings. The summed E-state index contributed by atoms with van der Waals surface area (Å²) >= 11 is 6.02. The van der Waals surface area contributed by atoms with Gasteiger partial charge in [0.2, 0.25) is 11.5 Å². The molecule has 2 aromatic carbocycles. The molecule has 8 nitrogen and oxygen atoms in total. The molecule has 3 aromatic rings. The molecule has 1 radical (unpaired) electrons. The zero-order valence-corrected chi connectivity index (χ0v) is 21.6. The maximum Gasteiger partial charge on any atom is 0.296 e. The second-order valence-electron chi connectivity index (χ2n) is 7.48. The summed E-state index contributed by atoms with van der Waals surface area (Å²) in [4.78, 5) is 38.4. The fourth-order valence-electron chi connectivity index (χ4n) is 3.69. The van der Waals surface area contributed by atoms with Crippen molar-refractivity contribution in [2.45, 2.75) is 19.4 Å². The third-order valence-electron chi connectivity index (χ3n) is 5.23. The fraction of sp³-hybridized carbons (Fsp3) is 0.167. The summed E-state index contributed by atoms with van der Waals surface area (Å²) in [6.45, 7) is 4.03. The number of halogens is 1. The topological polar surface area (TPSA) is 118 Å². The number of aryl methyl sites for hydroxylation is 1.